The van der Waals surface area contributed by atoms with Crippen molar-refractivity contribution >= 4 is 70.9 Å². The van der Waals surface area contributed by atoms with Crippen LogP contribution in [0.3, 0.4) is 0 Å². The van der Waals surface area contributed by atoms with E-state index < -0.39 is 147 Å². The summed E-state index contributed by atoms with van der Waals surface area (Å²) in [6.45, 7) is 0.141. The third-order valence-corrected chi connectivity index (χ3v) is 9.80. The Kier molecular flexibility index (Phi) is 25.7. The molecule has 15 N–H and O–H groups in total. The zero-order valence-electron chi connectivity index (χ0n) is 35.4. The molecule has 1 aromatic carbocycles. The van der Waals surface area contributed by atoms with Crippen LogP contribution in [0, 0.1) is 5.92 Å². The number of thioether (sulfide) groups is 1. The number of hydrogen-bond donors (Lipinski definition) is 14. The van der Waals surface area contributed by atoms with Gasteiger partial charge in [-0.05, 0) is 36.8 Å². The highest BCUT2D eigenvalue weighted by Gasteiger charge is 2.34. The first-order valence-electron chi connectivity index (χ1n) is 19.8. The summed E-state index contributed by atoms with van der Waals surface area (Å²) in [6, 6.07) is -0.797. The number of carboxylic acids is 1. The van der Waals surface area contributed by atoms with Crippen LogP contribution in [0.25, 0.3) is 0 Å². The summed E-state index contributed by atoms with van der Waals surface area (Å²) in [5, 5.41) is 60.1. The minimum absolute atomic E-state index is 0.156. The van der Waals surface area contributed by atoms with Crippen LogP contribution < -0.4 is 53.6 Å². The lowest BCUT2D eigenvalue weighted by molar-refractivity contribution is -0.138. The van der Waals surface area contributed by atoms with Crippen molar-refractivity contribution in [3.63, 3.8) is 0 Å². The van der Waals surface area contributed by atoms with Crippen molar-refractivity contribution < 1.29 is 68.4 Å². The number of carboxylic acid groups (broad SMARTS) is 1. The van der Waals surface area contributed by atoms with Crippen LogP contribution in [0.5, 0.6) is 0 Å². The van der Waals surface area contributed by atoms with E-state index >= 15 is 0 Å². The Morgan fingerprint density at radius 2 is 1.14 bits per heavy atom. The first-order valence-corrected chi connectivity index (χ1v) is 21.2. The summed E-state index contributed by atoms with van der Waals surface area (Å²) in [7, 11) is 0. The van der Waals surface area contributed by atoms with Gasteiger partial charge in [-0.2, -0.15) is 11.8 Å². The number of benzene rings is 1. The van der Waals surface area contributed by atoms with E-state index in [1.165, 1.54) is 18.7 Å². The normalized spacial score (nSPS) is 14.6. The molecule has 352 valence electrons. The van der Waals surface area contributed by atoms with E-state index in [2.05, 4.69) is 47.9 Å². The first-order chi connectivity index (χ1) is 29.8. The fourth-order valence-electron chi connectivity index (χ4n) is 5.40. The van der Waals surface area contributed by atoms with E-state index in [0.29, 0.717) is 17.7 Å². The van der Waals surface area contributed by atoms with Gasteiger partial charge in [0, 0.05) is 6.42 Å². The molecule has 8 atom stereocenters. The van der Waals surface area contributed by atoms with Gasteiger partial charge >= 0.3 is 5.97 Å². The standard InChI is InChI=1S/C38H60N10O14S/c1-5-20(2)31(37(61)41-16-28(53)43-23(11-12-63-4)33(57)42-17-30(55)56)48-36(60)26(19-50)46-35(59)25(18-49)45-34(58)24(13-22-9-7-6-8-10-22)44-38(62)32(21(3)51)47-29(54)15-40-27(52)14-39/h6-10,20-21,23-26,31-32,49-51H,5,11-19,39H2,1-4H3,(H,40,52)(H,41,61)(H,42,57)(H,43,53)(H,44,62)(H,45,58)(H,46,59)(H,47,54)(H,48,60)(H,55,56)/t20-,21+,23-,24-,25-,26-,31-,32-/m0/s1. The summed E-state index contributed by atoms with van der Waals surface area (Å²) in [5.41, 5.74) is 5.73. The Bertz CT molecular complexity index is 1720. The molecule has 0 aliphatic heterocycles. The Balaban J connectivity index is 3.11. The van der Waals surface area contributed by atoms with Gasteiger partial charge in [-0.25, -0.2) is 0 Å². The summed E-state index contributed by atoms with van der Waals surface area (Å²) in [4.78, 5) is 127. The Labute approximate surface area is 367 Å². The van der Waals surface area contributed by atoms with Crippen LogP contribution in [0.1, 0.15) is 39.2 Å². The fraction of sp³-hybridized carbons (Fsp3) is 0.579. The lowest BCUT2D eigenvalue weighted by atomic mass is 9.98. The smallest absolute Gasteiger partial charge is 0.322 e. The van der Waals surface area contributed by atoms with E-state index in [-0.39, 0.29) is 12.8 Å². The van der Waals surface area contributed by atoms with Crippen LogP contribution in [-0.4, -0.2) is 173 Å². The van der Waals surface area contributed by atoms with Crippen molar-refractivity contribution in [3.8, 4) is 0 Å². The minimum atomic E-state index is -1.77. The molecule has 1 rings (SSSR count). The average molecular weight is 913 g/mol. The Hall–Kier alpha value is -5.89. The number of rotatable bonds is 29. The first kappa shape index (κ1) is 55.1. The monoisotopic (exact) mass is 912 g/mol. The molecule has 0 aliphatic rings. The second-order valence-corrected chi connectivity index (χ2v) is 15.1. The maximum Gasteiger partial charge on any atom is 0.322 e. The van der Waals surface area contributed by atoms with E-state index in [9.17, 15) is 63.3 Å². The topological polar surface area (TPSA) is 386 Å². The maximum absolute atomic E-state index is 13.6. The summed E-state index contributed by atoms with van der Waals surface area (Å²) in [5.74, 6) is -9.59. The van der Waals surface area contributed by atoms with Gasteiger partial charge in [0.05, 0.1) is 39.0 Å². The average Bonchev–Trinajstić information content (AvgIpc) is 3.26. The number of carbonyl (C=O) groups is 10. The molecule has 63 heavy (non-hydrogen) atoms. The molecule has 0 aromatic heterocycles. The fourth-order valence-corrected chi connectivity index (χ4v) is 5.87. The predicted octanol–water partition coefficient (Wildman–Crippen LogP) is -6.31. The molecule has 0 saturated heterocycles. The second kappa shape index (κ2) is 29.4. The number of nitrogens with one attached hydrogen (secondary N) is 9. The van der Waals surface area contributed by atoms with Crippen molar-refractivity contribution in [2.75, 3.05) is 51.4 Å². The maximum atomic E-state index is 13.6. The van der Waals surface area contributed by atoms with Crippen molar-refractivity contribution in [2.24, 2.45) is 11.7 Å². The van der Waals surface area contributed by atoms with Gasteiger partial charge in [0.2, 0.25) is 53.2 Å². The quantitative estimate of drug-likeness (QED) is 0.0355. The molecule has 25 heteroatoms. The number of amides is 9. The number of aliphatic carboxylic acids is 1. The van der Waals surface area contributed by atoms with Crippen LogP contribution in [0.15, 0.2) is 30.3 Å². The SMILES string of the molecule is CC[C@H](C)[C@H](NC(=O)[C@H](CO)NC(=O)[C@H](CO)NC(=O)[C@H](Cc1ccccc1)NC(=O)[C@@H](NC(=O)CNC(=O)CN)[C@@H](C)O)C(=O)NCC(=O)N[C@@H](CCSC)C(=O)NCC(=O)O. The van der Waals surface area contributed by atoms with E-state index in [1.807, 2.05) is 0 Å². The van der Waals surface area contributed by atoms with E-state index in [0.717, 1.165) is 0 Å². The molecule has 0 fully saturated rings. The highest BCUT2D eigenvalue weighted by molar-refractivity contribution is 7.98. The molecular weight excluding hydrogens is 853 g/mol. The van der Waals surface area contributed by atoms with Crippen LogP contribution >= 0.6 is 11.8 Å². The highest BCUT2D eigenvalue weighted by atomic mass is 32.2. The molecule has 0 unspecified atom stereocenters. The zero-order chi connectivity index (χ0) is 47.6. The van der Waals surface area contributed by atoms with Gasteiger partial charge in [-0.15, -0.1) is 0 Å². The Morgan fingerprint density at radius 3 is 1.67 bits per heavy atom. The lowest BCUT2D eigenvalue weighted by Crippen LogP contribution is -2.62. The minimum Gasteiger partial charge on any atom is -0.480 e. The molecular formula is C38H60N10O14S. The third-order valence-electron chi connectivity index (χ3n) is 9.15. The summed E-state index contributed by atoms with van der Waals surface area (Å²) in [6.07, 6.45) is 0.569. The van der Waals surface area contributed by atoms with Crippen LogP contribution in [0.2, 0.25) is 0 Å². The molecule has 9 amide bonds. The molecule has 0 radical (unpaired) electrons. The van der Waals surface area contributed by atoms with Gasteiger partial charge in [0.25, 0.3) is 0 Å². The molecule has 0 bridgehead atoms. The van der Waals surface area contributed by atoms with E-state index in [1.54, 1.807) is 50.4 Å². The molecule has 0 spiro atoms. The predicted molar refractivity (Wildman–Crippen MR) is 226 cm³/mol. The van der Waals surface area contributed by atoms with E-state index in [4.69, 9.17) is 10.8 Å². The number of hydrogen-bond acceptors (Lipinski definition) is 15. The zero-order valence-corrected chi connectivity index (χ0v) is 36.3. The summed E-state index contributed by atoms with van der Waals surface area (Å²) >= 11 is 1.38. The molecule has 0 aliphatic carbocycles. The van der Waals surface area contributed by atoms with Crippen molar-refractivity contribution in [1.82, 2.24) is 47.9 Å². The Morgan fingerprint density at radius 1 is 0.619 bits per heavy atom. The number of carbonyl (C=O) groups excluding carboxylic acids is 9. The molecule has 24 nitrogen and oxygen atoms in total. The number of aliphatic hydroxyl groups is 3. The van der Waals surface area contributed by atoms with Crippen molar-refractivity contribution in [3.05, 3.63) is 35.9 Å². The highest BCUT2D eigenvalue weighted by Crippen LogP contribution is 2.10. The molecule has 0 saturated carbocycles. The van der Waals surface area contributed by atoms with Gasteiger partial charge in [0.15, 0.2) is 0 Å². The lowest BCUT2D eigenvalue weighted by Gasteiger charge is -2.27. The molecule has 1 aromatic rings. The van der Waals surface area contributed by atoms with Gasteiger partial charge in [0.1, 0.15) is 42.8 Å². The number of nitrogens with two attached hydrogens (primary N) is 1. The third kappa shape index (κ3) is 20.7. The van der Waals surface area contributed by atoms with Gasteiger partial charge in [-0.3, -0.25) is 47.9 Å². The summed E-state index contributed by atoms with van der Waals surface area (Å²) < 4.78 is 0. The number of aliphatic hydroxyl groups excluding tert-OH is 3. The van der Waals surface area contributed by atoms with Crippen molar-refractivity contribution in [2.45, 2.75) is 82.4 Å². The second-order valence-electron chi connectivity index (χ2n) is 14.1. The largest absolute Gasteiger partial charge is 0.480 e. The van der Waals surface area contributed by atoms with Crippen LogP contribution in [-0.2, 0) is 54.4 Å². The molecule has 0 heterocycles. The van der Waals surface area contributed by atoms with Gasteiger partial charge < -0.3 is 74.0 Å². The van der Waals surface area contributed by atoms with Crippen LogP contribution in [0.4, 0.5) is 0 Å². The van der Waals surface area contributed by atoms with Crippen molar-refractivity contribution in [1.29, 1.82) is 0 Å². The van der Waals surface area contributed by atoms with Gasteiger partial charge in [-0.1, -0.05) is 50.6 Å².